The zero-order valence-corrected chi connectivity index (χ0v) is 15.8. The lowest BCUT2D eigenvalue weighted by Gasteiger charge is -2.55. The van der Waals surface area contributed by atoms with Gasteiger partial charge < -0.3 is 18.9 Å². The summed E-state index contributed by atoms with van der Waals surface area (Å²) < 4.78 is 22.8. The fourth-order valence-electron chi connectivity index (χ4n) is 4.88. The Morgan fingerprint density at radius 3 is 2.81 bits per heavy atom. The van der Waals surface area contributed by atoms with Gasteiger partial charge in [0, 0.05) is 18.3 Å². The molecule has 1 fully saturated rings. The lowest BCUT2D eigenvalue weighted by atomic mass is 9.56. The molecule has 140 valence electrons. The van der Waals surface area contributed by atoms with Gasteiger partial charge >= 0.3 is 5.97 Å². The van der Waals surface area contributed by atoms with E-state index in [0.717, 1.165) is 17.1 Å². The largest absolute Gasteiger partial charge is 0.465 e. The van der Waals surface area contributed by atoms with Crippen LogP contribution in [0.25, 0.3) is 0 Å². The van der Waals surface area contributed by atoms with Crippen molar-refractivity contribution < 1.29 is 23.7 Å². The predicted molar refractivity (Wildman–Crippen MR) is 95.9 cm³/mol. The molecule has 3 aliphatic rings. The van der Waals surface area contributed by atoms with Crippen LogP contribution >= 0.6 is 0 Å². The van der Waals surface area contributed by atoms with Crippen LogP contribution in [0.1, 0.15) is 39.4 Å². The second-order valence-electron chi connectivity index (χ2n) is 7.87. The van der Waals surface area contributed by atoms with Gasteiger partial charge in [0.05, 0.1) is 19.3 Å². The summed E-state index contributed by atoms with van der Waals surface area (Å²) >= 11 is 0. The molecule has 4 unspecified atom stereocenters. The molecule has 2 aliphatic heterocycles. The fourth-order valence-corrected chi connectivity index (χ4v) is 4.88. The first-order valence-electron chi connectivity index (χ1n) is 9.25. The Bertz CT molecular complexity index is 755. The van der Waals surface area contributed by atoms with E-state index in [2.05, 4.69) is 32.9 Å². The standard InChI is InChI=1S/C21H26O5/c1-12-7-13(2)21(9-23-15(4)22)10-24-20(19(12)14(21)3)16-5-6-17-18(8-16)26-11-25-17/h5-8,13-14,19-20H,9-11H2,1-4H3/t13?,14-,19?,20?,21?/m0/s1. The number of hydrogen-bond acceptors (Lipinski definition) is 5. The molecular formula is C21H26O5. The van der Waals surface area contributed by atoms with Crippen LogP contribution in [0.2, 0.25) is 0 Å². The number of esters is 1. The second kappa shape index (κ2) is 6.31. The van der Waals surface area contributed by atoms with E-state index in [4.69, 9.17) is 18.9 Å². The summed E-state index contributed by atoms with van der Waals surface area (Å²) in [5.41, 5.74) is 2.27. The van der Waals surface area contributed by atoms with Gasteiger partial charge in [-0.25, -0.2) is 0 Å². The summed E-state index contributed by atoms with van der Waals surface area (Å²) in [7, 11) is 0. The van der Waals surface area contributed by atoms with Gasteiger partial charge in [-0.3, -0.25) is 4.79 Å². The molecule has 2 heterocycles. The Kier molecular flexibility index (Phi) is 4.22. The van der Waals surface area contributed by atoms with E-state index in [1.807, 2.05) is 12.1 Å². The Balaban J connectivity index is 1.67. The van der Waals surface area contributed by atoms with Crippen LogP contribution in [0, 0.1) is 23.2 Å². The lowest BCUT2D eigenvalue weighted by Crippen LogP contribution is -2.54. The SMILES string of the molecule is CC(=O)OCC12COC(c3ccc4c(c3)OCO4)C(C(C)=CC1C)[C@@H]2C. The highest BCUT2D eigenvalue weighted by molar-refractivity contribution is 5.66. The number of allylic oxidation sites excluding steroid dienone is 1. The van der Waals surface area contributed by atoms with Gasteiger partial charge in [-0.2, -0.15) is 0 Å². The minimum absolute atomic E-state index is 0.0336. The van der Waals surface area contributed by atoms with Crippen molar-refractivity contribution in [3.8, 4) is 11.5 Å². The summed E-state index contributed by atoms with van der Waals surface area (Å²) in [5, 5.41) is 0. The van der Waals surface area contributed by atoms with Crippen LogP contribution in [0.3, 0.4) is 0 Å². The number of fused-ring (bicyclic) bond motifs is 3. The molecular weight excluding hydrogens is 332 g/mol. The third-order valence-corrected chi connectivity index (χ3v) is 6.52. The molecule has 5 atom stereocenters. The molecule has 5 heteroatoms. The maximum Gasteiger partial charge on any atom is 0.302 e. The van der Waals surface area contributed by atoms with Gasteiger partial charge in [-0.15, -0.1) is 0 Å². The van der Waals surface area contributed by atoms with Crippen molar-refractivity contribution >= 4 is 5.97 Å². The molecule has 0 N–H and O–H groups in total. The van der Waals surface area contributed by atoms with E-state index in [0.29, 0.717) is 25.0 Å². The summed E-state index contributed by atoms with van der Waals surface area (Å²) in [6.07, 6.45) is 2.30. The number of carbonyl (C=O) groups is 1. The summed E-state index contributed by atoms with van der Waals surface area (Å²) in [6.45, 7) is 9.36. The van der Waals surface area contributed by atoms with Crippen molar-refractivity contribution in [3.05, 3.63) is 35.4 Å². The van der Waals surface area contributed by atoms with Crippen LogP contribution in [0.5, 0.6) is 11.5 Å². The molecule has 1 saturated heterocycles. The molecule has 0 aromatic heterocycles. The third-order valence-electron chi connectivity index (χ3n) is 6.52. The topological polar surface area (TPSA) is 54.0 Å². The molecule has 5 nitrogen and oxygen atoms in total. The minimum Gasteiger partial charge on any atom is -0.465 e. The maximum absolute atomic E-state index is 11.4. The van der Waals surface area contributed by atoms with Crippen LogP contribution in [-0.2, 0) is 14.3 Å². The van der Waals surface area contributed by atoms with E-state index in [1.54, 1.807) is 0 Å². The quantitative estimate of drug-likeness (QED) is 0.606. The van der Waals surface area contributed by atoms with Crippen molar-refractivity contribution in [3.63, 3.8) is 0 Å². The first-order valence-corrected chi connectivity index (χ1v) is 9.25. The number of benzene rings is 1. The highest BCUT2D eigenvalue weighted by Crippen LogP contribution is 2.56. The zero-order valence-electron chi connectivity index (χ0n) is 15.8. The van der Waals surface area contributed by atoms with E-state index >= 15 is 0 Å². The van der Waals surface area contributed by atoms with E-state index in [-0.39, 0.29) is 30.2 Å². The molecule has 2 bridgehead atoms. The van der Waals surface area contributed by atoms with Crippen LogP contribution in [0.4, 0.5) is 0 Å². The molecule has 0 radical (unpaired) electrons. The number of rotatable bonds is 3. The van der Waals surface area contributed by atoms with Gasteiger partial charge in [0.2, 0.25) is 6.79 Å². The third kappa shape index (κ3) is 2.60. The average molecular weight is 358 g/mol. The van der Waals surface area contributed by atoms with Crippen molar-refractivity contribution in [1.29, 1.82) is 0 Å². The molecule has 26 heavy (non-hydrogen) atoms. The van der Waals surface area contributed by atoms with Gasteiger partial charge in [0.25, 0.3) is 0 Å². The summed E-state index contributed by atoms with van der Waals surface area (Å²) in [6, 6.07) is 6.05. The Hall–Kier alpha value is -2.01. The monoisotopic (exact) mass is 358 g/mol. The predicted octanol–water partition coefficient (Wildman–Crippen LogP) is 3.88. The molecule has 4 rings (SSSR count). The van der Waals surface area contributed by atoms with E-state index < -0.39 is 0 Å². The zero-order chi connectivity index (χ0) is 18.5. The van der Waals surface area contributed by atoms with E-state index in [9.17, 15) is 4.79 Å². The van der Waals surface area contributed by atoms with Gasteiger partial charge in [0.15, 0.2) is 11.5 Å². The molecule has 0 spiro atoms. The smallest absolute Gasteiger partial charge is 0.302 e. The summed E-state index contributed by atoms with van der Waals surface area (Å²) in [4.78, 5) is 11.4. The second-order valence-corrected chi connectivity index (χ2v) is 7.87. The number of hydrogen-bond donors (Lipinski definition) is 0. The Labute approximate surface area is 154 Å². The first kappa shape index (κ1) is 17.4. The van der Waals surface area contributed by atoms with Gasteiger partial charge in [0.1, 0.15) is 0 Å². The van der Waals surface area contributed by atoms with E-state index in [1.165, 1.54) is 12.5 Å². The highest BCUT2D eigenvalue weighted by Gasteiger charge is 2.54. The van der Waals surface area contributed by atoms with Crippen LogP contribution < -0.4 is 9.47 Å². The molecule has 1 aromatic rings. The Morgan fingerprint density at radius 2 is 2.04 bits per heavy atom. The molecule has 1 aromatic carbocycles. The van der Waals surface area contributed by atoms with Gasteiger partial charge in [-0.1, -0.05) is 31.6 Å². The molecule has 0 saturated carbocycles. The number of ether oxygens (including phenoxy) is 4. The normalized spacial score (nSPS) is 35.0. The maximum atomic E-state index is 11.4. The van der Waals surface area contributed by atoms with Crippen molar-refractivity contribution in [2.75, 3.05) is 20.0 Å². The number of carbonyl (C=O) groups excluding carboxylic acids is 1. The van der Waals surface area contributed by atoms with Crippen LogP contribution in [0.15, 0.2) is 29.8 Å². The van der Waals surface area contributed by atoms with Crippen molar-refractivity contribution in [1.82, 2.24) is 0 Å². The van der Waals surface area contributed by atoms with Crippen molar-refractivity contribution in [2.45, 2.75) is 33.8 Å². The fraction of sp³-hybridized carbons (Fsp3) is 0.571. The Morgan fingerprint density at radius 1 is 1.27 bits per heavy atom. The van der Waals surface area contributed by atoms with Gasteiger partial charge in [-0.05, 0) is 36.5 Å². The van der Waals surface area contributed by atoms with Crippen molar-refractivity contribution in [2.24, 2.45) is 23.2 Å². The summed E-state index contributed by atoms with van der Waals surface area (Å²) in [5.74, 6) is 2.21. The average Bonchev–Trinajstić information content (AvgIpc) is 3.06. The highest BCUT2D eigenvalue weighted by atomic mass is 16.7. The lowest BCUT2D eigenvalue weighted by molar-refractivity contribution is -0.180. The minimum atomic E-state index is -0.237. The first-order chi connectivity index (χ1) is 12.4. The molecule has 0 amide bonds. The van der Waals surface area contributed by atoms with Crippen LogP contribution in [-0.4, -0.2) is 26.0 Å². The molecule has 1 aliphatic carbocycles.